The third-order valence-corrected chi connectivity index (χ3v) is 2.47. The first-order chi connectivity index (χ1) is 6.96. The first-order valence-corrected chi connectivity index (χ1v) is 5.07. The zero-order valence-corrected chi connectivity index (χ0v) is 10.2. The van der Waals surface area contributed by atoms with Crippen molar-refractivity contribution >= 4 is 11.9 Å². The molecular formula is C12H19N3. The molecule has 1 heterocycles. The summed E-state index contributed by atoms with van der Waals surface area (Å²) in [4.78, 5) is 10.4. The van der Waals surface area contributed by atoms with Crippen molar-refractivity contribution in [3.05, 3.63) is 24.0 Å². The van der Waals surface area contributed by atoms with Crippen molar-refractivity contribution in [1.29, 1.82) is 0 Å². The van der Waals surface area contributed by atoms with Gasteiger partial charge in [0.05, 0.1) is 11.9 Å². The SMILES string of the molecule is C/N=C\c1ccncc1N(C)C(C)(C)C. The summed E-state index contributed by atoms with van der Waals surface area (Å²) in [6.07, 6.45) is 5.53. The fourth-order valence-electron chi connectivity index (χ4n) is 1.29. The first-order valence-electron chi connectivity index (χ1n) is 5.07. The van der Waals surface area contributed by atoms with Crippen LogP contribution in [0.2, 0.25) is 0 Å². The molecule has 3 nitrogen and oxygen atoms in total. The Morgan fingerprint density at radius 1 is 1.40 bits per heavy atom. The zero-order valence-electron chi connectivity index (χ0n) is 10.2. The van der Waals surface area contributed by atoms with Gasteiger partial charge >= 0.3 is 0 Å². The Balaban J connectivity index is 3.13. The van der Waals surface area contributed by atoms with Crippen molar-refractivity contribution in [3.63, 3.8) is 0 Å². The summed E-state index contributed by atoms with van der Waals surface area (Å²) in [5.74, 6) is 0. The Hall–Kier alpha value is -1.38. The molecule has 1 aromatic heterocycles. The van der Waals surface area contributed by atoms with Gasteiger partial charge in [0.15, 0.2) is 0 Å². The number of aromatic nitrogens is 1. The number of nitrogens with zero attached hydrogens (tertiary/aromatic N) is 3. The topological polar surface area (TPSA) is 28.5 Å². The lowest BCUT2D eigenvalue weighted by Crippen LogP contribution is -2.38. The van der Waals surface area contributed by atoms with E-state index in [0.717, 1.165) is 11.3 Å². The number of pyridine rings is 1. The molecule has 1 aromatic rings. The molecule has 0 aliphatic heterocycles. The summed E-state index contributed by atoms with van der Waals surface area (Å²) in [6, 6.07) is 1.98. The molecule has 3 heteroatoms. The third kappa shape index (κ3) is 2.78. The van der Waals surface area contributed by atoms with Gasteiger partial charge in [0.25, 0.3) is 0 Å². The summed E-state index contributed by atoms with van der Waals surface area (Å²) < 4.78 is 0. The van der Waals surface area contributed by atoms with Gasteiger partial charge in [-0.3, -0.25) is 9.98 Å². The normalized spacial score (nSPS) is 12.1. The second-order valence-electron chi connectivity index (χ2n) is 4.55. The lowest BCUT2D eigenvalue weighted by atomic mass is 10.1. The van der Waals surface area contributed by atoms with Crippen LogP contribution in [0.1, 0.15) is 26.3 Å². The molecule has 0 aliphatic rings. The maximum atomic E-state index is 4.16. The Kier molecular flexibility index (Phi) is 3.45. The summed E-state index contributed by atoms with van der Waals surface area (Å²) in [6.45, 7) is 6.52. The molecule has 0 bridgehead atoms. The van der Waals surface area contributed by atoms with Gasteiger partial charge in [0.1, 0.15) is 0 Å². The Morgan fingerprint density at radius 2 is 2.07 bits per heavy atom. The molecule has 0 radical (unpaired) electrons. The minimum atomic E-state index is 0.0827. The molecule has 0 spiro atoms. The summed E-state index contributed by atoms with van der Waals surface area (Å²) in [5.41, 5.74) is 2.29. The van der Waals surface area contributed by atoms with Crippen LogP contribution in [0.4, 0.5) is 5.69 Å². The van der Waals surface area contributed by atoms with Crippen molar-refractivity contribution < 1.29 is 0 Å². The predicted molar refractivity (Wildman–Crippen MR) is 65.9 cm³/mol. The largest absolute Gasteiger partial charge is 0.368 e. The van der Waals surface area contributed by atoms with E-state index in [1.807, 2.05) is 18.5 Å². The van der Waals surface area contributed by atoms with Crippen LogP contribution in [0.5, 0.6) is 0 Å². The van der Waals surface area contributed by atoms with Crippen LogP contribution in [0.25, 0.3) is 0 Å². The molecule has 0 saturated heterocycles. The molecule has 0 aliphatic carbocycles. The number of hydrogen-bond donors (Lipinski definition) is 0. The molecule has 1 rings (SSSR count). The van der Waals surface area contributed by atoms with Gasteiger partial charge in [-0.05, 0) is 26.8 Å². The van der Waals surface area contributed by atoms with Crippen LogP contribution in [0.3, 0.4) is 0 Å². The van der Waals surface area contributed by atoms with Crippen molar-refractivity contribution in [2.24, 2.45) is 4.99 Å². The van der Waals surface area contributed by atoms with Gasteiger partial charge in [-0.2, -0.15) is 0 Å². The zero-order chi connectivity index (χ0) is 11.5. The van der Waals surface area contributed by atoms with Gasteiger partial charge < -0.3 is 4.90 Å². The molecule has 82 valence electrons. The van der Waals surface area contributed by atoms with Gasteiger partial charge in [-0.15, -0.1) is 0 Å². The number of hydrogen-bond acceptors (Lipinski definition) is 3. The minimum absolute atomic E-state index is 0.0827. The van der Waals surface area contributed by atoms with Crippen molar-refractivity contribution in [2.45, 2.75) is 26.3 Å². The van der Waals surface area contributed by atoms with Crippen LogP contribution in [0.15, 0.2) is 23.5 Å². The van der Waals surface area contributed by atoms with Crippen molar-refractivity contribution in [1.82, 2.24) is 4.98 Å². The highest BCUT2D eigenvalue weighted by molar-refractivity contribution is 5.87. The van der Waals surface area contributed by atoms with E-state index in [4.69, 9.17) is 0 Å². The maximum absolute atomic E-state index is 4.16. The molecule has 0 atom stereocenters. The highest BCUT2D eigenvalue weighted by Crippen LogP contribution is 2.23. The smallest absolute Gasteiger partial charge is 0.0643 e. The average molecular weight is 205 g/mol. The highest BCUT2D eigenvalue weighted by atomic mass is 15.2. The molecule has 0 N–H and O–H groups in total. The van der Waals surface area contributed by atoms with E-state index in [1.54, 1.807) is 13.2 Å². The Morgan fingerprint density at radius 3 is 2.60 bits per heavy atom. The molecular weight excluding hydrogens is 186 g/mol. The maximum Gasteiger partial charge on any atom is 0.0643 e. The second-order valence-corrected chi connectivity index (χ2v) is 4.55. The average Bonchev–Trinajstić information content (AvgIpc) is 2.17. The fraction of sp³-hybridized carbons (Fsp3) is 0.500. The van der Waals surface area contributed by atoms with Gasteiger partial charge in [-0.25, -0.2) is 0 Å². The monoisotopic (exact) mass is 205 g/mol. The van der Waals surface area contributed by atoms with E-state index in [0.29, 0.717) is 0 Å². The standard InChI is InChI=1S/C12H19N3/c1-12(2,3)15(5)11-9-14-7-6-10(11)8-13-4/h6-9H,1-5H3/b13-8-. The highest BCUT2D eigenvalue weighted by Gasteiger charge is 2.19. The summed E-state index contributed by atoms with van der Waals surface area (Å²) in [7, 11) is 3.85. The molecule has 0 fully saturated rings. The Labute approximate surface area is 91.9 Å². The predicted octanol–water partition coefficient (Wildman–Crippen LogP) is 2.37. The van der Waals surface area contributed by atoms with E-state index < -0.39 is 0 Å². The van der Waals surface area contributed by atoms with Crippen molar-refractivity contribution in [3.8, 4) is 0 Å². The summed E-state index contributed by atoms with van der Waals surface area (Å²) in [5, 5.41) is 0. The van der Waals surface area contributed by atoms with E-state index in [2.05, 4.69) is 42.7 Å². The minimum Gasteiger partial charge on any atom is -0.368 e. The van der Waals surface area contributed by atoms with Crippen LogP contribution in [-0.4, -0.2) is 30.8 Å². The second kappa shape index (κ2) is 4.43. The lowest BCUT2D eigenvalue weighted by molar-refractivity contribution is 0.538. The number of aliphatic imine (C=N–C) groups is 1. The van der Waals surface area contributed by atoms with E-state index in [-0.39, 0.29) is 5.54 Å². The summed E-state index contributed by atoms with van der Waals surface area (Å²) >= 11 is 0. The quantitative estimate of drug-likeness (QED) is 0.693. The molecule has 0 amide bonds. The Bertz CT molecular complexity index is 350. The number of anilines is 1. The number of rotatable bonds is 2. The first kappa shape index (κ1) is 11.7. The third-order valence-electron chi connectivity index (χ3n) is 2.47. The van der Waals surface area contributed by atoms with Crippen LogP contribution >= 0.6 is 0 Å². The molecule has 0 aromatic carbocycles. The fourth-order valence-corrected chi connectivity index (χ4v) is 1.29. The molecule has 0 saturated carbocycles. The van der Waals surface area contributed by atoms with Crippen LogP contribution < -0.4 is 4.90 Å². The van der Waals surface area contributed by atoms with Gasteiger partial charge in [0, 0.05) is 37.6 Å². The van der Waals surface area contributed by atoms with Crippen LogP contribution in [-0.2, 0) is 0 Å². The van der Waals surface area contributed by atoms with E-state index >= 15 is 0 Å². The lowest BCUT2D eigenvalue weighted by Gasteiger charge is -2.34. The molecule has 15 heavy (non-hydrogen) atoms. The van der Waals surface area contributed by atoms with Crippen molar-refractivity contribution in [2.75, 3.05) is 19.0 Å². The van der Waals surface area contributed by atoms with Crippen LogP contribution in [0, 0.1) is 0 Å². The van der Waals surface area contributed by atoms with Gasteiger partial charge in [0.2, 0.25) is 0 Å². The van der Waals surface area contributed by atoms with Gasteiger partial charge in [-0.1, -0.05) is 0 Å². The molecule has 0 unspecified atom stereocenters. The van der Waals surface area contributed by atoms with E-state index in [9.17, 15) is 0 Å². The van der Waals surface area contributed by atoms with E-state index in [1.165, 1.54) is 0 Å².